The molecule has 3 N–H and O–H groups in total. The molecule has 1 aliphatic rings. The maximum Gasteiger partial charge on any atom is 0.255 e. The van der Waals surface area contributed by atoms with Crippen molar-refractivity contribution >= 4 is 28.5 Å². The van der Waals surface area contributed by atoms with Gasteiger partial charge >= 0.3 is 0 Å². The number of fused-ring (bicyclic) bond motifs is 1. The Morgan fingerprint density at radius 2 is 2.11 bits per heavy atom. The van der Waals surface area contributed by atoms with Crippen molar-refractivity contribution in [1.29, 1.82) is 0 Å². The zero-order valence-electron chi connectivity index (χ0n) is 15.6. The van der Waals surface area contributed by atoms with E-state index in [4.69, 9.17) is 0 Å². The average molecular weight is 378 g/mol. The molecule has 1 aromatic carbocycles. The van der Waals surface area contributed by atoms with Crippen molar-refractivity contribution in [2.75, 3.05) is 11.9 Å². The van der Waals surface area contributed by atoms with Gasteiger partial charge in [0, 0.05) is 25.8 Å². The Hall–Kier alpha value is -3.42. The molecule has 1 saturated heterocycles. The number of nitrogens with zero attached hydrogens (tertiary/aromatic N) is 3. The van der Waals surface area contributed by atoms with E-state index in [9.17, 15) is 9.59 Å². The van der Waals surface area contributed by atoms with Crippen LogP contribution in [0.2, 0.25) is 0 Å². The van der Waals surface area contributed by atoms with Crippen LogP contribution in [0, 0.1) is 0 Å². The van der Waals surface area contributed by atoms with Crippen LogP contribution in [0.15, 0.2) is 42.7 Å². The lowest BCUT2D eigenvalue weighted by atomic mass is 10.1. The number of pyridine rings is 1. The van der Waals surface area contributed by atoms with Crippen LogP contribution < -0.4 is 16.0 Å². The molecule has 144 valence electrons. The van der Waals surface area contributed by atoms with Crippen molar-refractivity contribution in [3.05, 3.63) is 53.9 Å². The lowest BCUT2D eigenvalue weighted by Gasteiger charge is -2.16. The van der Waals surface area contributed by atoms with Crippen LogP contribution in [0.5, 0.6) is 0 Å². The maximum absolute atomic E-state index is 12.9. The maximum atomic E-state index is 12.9. The molecule has 8 nitrogen and oxygen atoms in total. The molecule has 0 saturated carbocycles. The summed E-state index contributed by atoms with van der Waals surface area (Å²) in [5, 5.41) is 14.1. The molecular formula is C20H22N6O2. The summed E-state index contributed by atoms with van der Waals surface area (Å²) in [6, 6.07) is 9.32. The largest absolute Gasteiger partial charge is 0.372 e. The van der Waals surface area contributed by atoms with Crippen LogP contribution in [0.1, 0.15) is 29.3 Å². The Morgan fingerprint density at radius 1 is 1.29 bits per heavy atom. The summed E-state index contributed by atoms with van der Waals surface area (Å²) in [6.07, 6.45) is 3.90. The van der Waals surface area contributed by atoms with Gasteiger partial charge in [-0.1, -0.05) is 30.3 Å². The molecule has 3 aromatic rings. The summed E-state index contributed by atoms with van der Waals surface area (Å²) >= 11 is 0. The number of aryl methyl sites for hydroxylation is 1. The van der Waals surface area contributed by atoms with E-state index < -0.39 is 0 Å². The molecule has 8 heteroatoms. The molecule has 3 heterocycles. The fourth-order valence-corrected chi connectivity index (χ4v) is 3.37. The van der Waals surface area contributed by atoms with Gasteiger partial charge < -0.3 is 16.0 Å². The second-order valence-corrected chi connectivity index (χ2v) is 6.69. The normalized spacial score (nSPS) is 16.2. The standard InChI is InChI=1S/C20H22N6O2/c1-2-26-18-14(12-24-26)17(25-16-8-9-21-20(16)28)15(11-22-18)19(27)23-10-13-6-4-3-5-7-13/h3-7,11-12,16H,2,8-10H2,1H3,(H,21,28)(H,22,25)(H,23,27)/t16-/m0/s1. The first-order chi connectivity index (χ1) is 13.7. The number of nitrogens with one attached hydrogen (secondary N) is 3. The molecule has 0 aliphatic carbocycles. The molecule has 1 atom stereocenters. The molecule has 0 spiro atoms. The highest BCUT2D eigenvalue weighted by Gasteiger charge is 2.27. The van der Waals surface area contributed by atoms with Crippen molar-refractivity contribution in [1.82, 2.24) is 25.4 Å². The van der Waals surface area contributed by atoms with Crippen molar-refractivity contribution in [3.63, 3.8) is 0 Å². The Kier molecular flexibility index (Phi) is 4.92. The molecule has 0 unspecified atom stereocenters. The number of benzene rings is 1. The SMILES string of the molecule is CCn1ncc2c(N[C@H]3CCNC3=O)c(C(=O)NCc3ccccc3)cnc21. The number of anilines is 1. The second kappa shape index (κ2) is 7.67. The number of carbonyl (C=O) groups excluding carboxylic acids is 2. The molecule has 2 amide bonds. The summed E-state index contributed by atoms with van der Waals surface area (Å²) in [5.74, 6) is -0.313. The van der Waals surface area contributed by atoms with E-state index in [1.807, 2.05) is 37.3 Å². The molecule has 0 radical (unpaired) electrons. The van der Waals surface area contributed by atoms with Gasteiger partial charge in [0.05, 0.1) is 22.8 Å². The van der Waals surface area contributed by atoms with E-state index in [-0.39, 0.29) is 17.9 Å². The van der Waals surface area contributed by atoms with E-state index in [0.717, 1.165) is 10.9 Å². The zero-order chi connectivity index (χ0) is 19.5. The van der Waals surface area contributed by atoms with Gasteiger partial charge in [0.15, 0.2) is 5.65 Å². The summed E-state index contributed by atoms with van der Waals surface area (Å²) < 4.78 is 1.76. The first kappa shape index (κ1) is 18.0. The van der Waals surface area contributed by atoms with Crippen LogP contribution in [0.4, 0.5) is 5.69 Å². The van der Waals surface area contributed by atoms with Crippen LogP contribution in [-0.4, -0.2) is 39.2 Å². The summed E-state index contributed by atoms with van der Waals surface area (Å²) in [6.45, 7) is 3.68. The first-order valence-electron chi connectivity index (χ1n) is 9.38. The van der Waals surface area contributed by atoms with E-state index in [0.29, 0.717) is 43.0 Å². The quantitative estimate of drug-likeness (QED) is 0.606. The van der Waals surface area contributed by atoms with Crippen LogP contribution in [-0.2, 0) is 17.9 Å². The molecule has 2 aromatic heterocycles. The van der Waals surface area contributed by atoms with Gasteiger partial charge in [0.25, 0.3) is 5.91 Å². The lowest BCUT2D eigenvalue weighted by molar-refractivity contribution is -0.119. The summed E-state index contributed by atoms with van der Waals surface area (Å²) in [7, 11) is 0. The van der Waals surface area contributed by atoms with Gasteiger partial charge in [0.1, 0.15) is 6.04 Å². The highest BCUT2D eigenvalue weighted by atomic mass is 16.2. The Labute approximate surface area is 162 Å². The van der Waals surface area contributed by atoms with E-state index in [1.54, 1.807) is 17.1 Å². The van der Waals surface area contributed by atoms with Crippen molar-refractivity contribution in [2.24, 2.45) is 0 Å². The Morgan fingerprint density at radius 3 is 2.82 bits per heavy atom. The number of carbonyl (C=O) groups is 2. The Bertz CT molecular complexity index is 1010. The highest BCUT2D eigenvalue weighted by Crippen LogP contribution is 2.27. The molecule has 4 rings (SSSR count). The van der Waals surface area contributed by atoms with Crippen LogP contribution in [0.25, 0.3) is 11.0 Å². The minimum atomic E-state index is -0.378. The molecule has 28 heavy (non-hydrogen) atoms. The van der Waals surface area contributed by atoms with Gasteiger partial charge in [0.2, 0.25) is 5.91 Å². The minimum Gasteiger partial charge on any atom is -0.372 e. The van der Waals surface area contributed by atoms with Crippen LogP contribution >= 0.6 is 0 Å². The minimum absolute atomic E-state index is 0.0662. The average Bonchev–Trinajstić information content (AvgIpc) is 3.33. The number of hydrogen-bond acceptors (Lipinski definition) is 5. The number of hydrogen-bond donors (Lipinski definition) is 3. The van der Waals surface area contributed by atoms with Crippen molar-refractivity contribution in [2.45, 2.75) is 32.5 Å². The summed E-state index contributed by atoms with van der Waals surface area (Å²) in [4.78, 5) is 29.4. The number of rotatable bonds is 6. The first-order valence-corrected chi connectivity index (χ1v) is 9.38. The van der Waals surface area contributed by atoms with Crippen molar-refractivity contribution < 1.29 is 9.59 Å². The topological polar surface area (TPSA) is 101 Å². The van der Waals surface area contributed by atoms with Gasteiger partial charge in [-0.15, -0.1) is 0 Å². The fraction of sp³-hybridized carbons (Fsp3) is 0.300. The van der Waals surface area contributed by atoms with Gasteiger partial charge in [-0.2, -0.15) is 5.10 Å². The highest BCUT2D eigenvalue weighted by molar-refractivity contribution is 6.07. The third kappa shape index (κ3) is 3.40. The molecular weight excluding hydrogens is 356 g/mol. The predicted octanol–water partition coefficient (Wildman–Crippen LogP) is 1.68. The van der Waals surface area contributed by atoms with E-state index >= 15 is 0 Å². The van der Waals surface area contributed by atoms with Gasteiger partial charge in [-0.3, -0.25) is 9.59 Å². The lowest BCUT2D eigenvalue weighted by Crippen LogP contribution is -2.31. The number of aromatic nitrogens is 3. The third-order valence-electron chi connectivity index (χ3n) is 4.87. The van der Waals surface area contributed by atoms with Gasteiger partial charge in [-0.25, -0.2) is 9.67 Å². The van der Waals surface area contributed by atoms with E-state index in [2.05, 4.69) is 26.0 Å². The van der Waals surface area contributed by atoms with Crippen molar-refractivity contribution in [3.8, 4) is 0 Å². The van der Waals surface area contributed by atoms with Gasteiger partial charge in [-0.05, 0) is 18.9 Å². The third-order valence-corrected chi connectivity index (χ3v) is 4.87. The Balaban J connectivity index is 1.66. The fourth-order valence-electron chi connectivity index (χ4n) is 3.37. The van der Waals surface area contributed by atoms with Crippen LogP contribution in [0.3, 0.4) is 0 Å². The smallest absolute Gasteiger partial charge is 0.255 e. The predicted molar refractivity (Wildman–Crippen MR) is 106 cm³/mol. The molecule has 0 bridgehead atoms. The summed E-state index contributed by atoms with van der Waals surface area (Å²) in [5.41, 5.74) is 2.69. The second-order valence-electron chi connectivity index (χ2n) is 6.69. The molecule has 1 fully saturated rings. The monoisotopic (exact) mass is 378 g/mol. The zero-order valence-corrected chi connectivity index (χ0v) is 15.6. The number of amides is 2. The van der Waals surface area contributed by atoms with E-state index in [1.165, 1.54) is 0 Å². The molecule has 1 aliphatic heterocycles.